The van der Waals surface area contributed by atoms with Gasteiger partial charge in [-0.1, -0.05) is 0 Å². The Morgan fingerprint density at radius 3 is 2.06 bits per heavy atom. The van der Waals surface area contributed by atoms with Crippen LogP contribution in [-0.4, -0.2) is 77.9 Å². The van der Waals surface area contributed by atoms with E-state index in [1.165, 1.54) is 46.1 Å². The first-order valence-corrected chi connectivity index (χ1v) is 13.1. The lowest BCUT2D eigenvalue weighted by molar-refractivity contribution is 0.0600. The highest BCUT2D eigenvalue weighted by Crippen LogP contribution is 2.33. The summed E-state index contributed by atoms with van der Waals surface area (Å²) in [5.74, 6) is 0.305. The Morgan fingerprint density at radius 2 is 1.45 bits per heavy atom. The zero-order chi connectivity index (χ0) is 23.8. The lowest BCUT2D eigenvalue weighted by Gasteiger charge is -2.33. The molecule has 2 aliphatic heterocycles. The fourth-order valence-electron chi connectivity index (χ4n) is 3.81. The summed E-state index contributed by atoms with van der Waals surface area (Å²) in [6.07, 6.45) is 0. The van der Waals surface area contributed by atoms with Gasteiger partial charge >= 0.3 is 5.97 Å². The second-order valence-electron chi connectivity index (χ2n) is 7.59. The van der Waals surface area contributed by atoms with E-state index in [2.05, 4.69) is 4.74 Å². The molecule has 2 aliphatic rings. The van der Waals surface area contributed by atoms with Crippen molar-refractivity contribution in [2.75, 3.05) is 46.5 Å². The number of ether oxygens (including phenoxy) is 3. The van der Waals surface area contributed by atoms with Crippen molar-refractivity contribution in [3.63, 3.8) is 0 Å². The Kier molecular flexibility index (Phi) is 6.36. The van der Waals surface area contributed by atoms with Crippen molar-refractivity contribution in [1.82, 2.24) is 8.61 Å². The molecule has 0 saturated carbocycles. The van der Waals surface area contributed by atoms with Gasteiger partial charge in [-0.3, -0.25) is 0 Å². The molecular weight excluding hydrogens is 472 g/mol. The van der Waals surface area contributed by atoms with Crippen LogP contribution in [0.4, 0.5) is 0 Å². The highest BCUT2D eigenvalue weighted by atomic mass is 32.2. The van der Waals surface area contributed by atoms with Crippen molar-refractivity contribution < 1.29 is 35.8 Å². The SMILES string of the molecule is COC(=O)c1ccc(S(=O)(=O)N2CCN(S(=O)(=O)c3ccc4c(c3)OCCO4)CC2)c(C)c1. The van der Waals surface area contributed by atoms with Crippen LogP contribution < -0.4 is 9.47 Å². The number of sulfonamides is 2. The van der Waals surface area contributed by atoms with Crippen molar-refractivity contribution in [1.29, 1.82) is 0 Å². The van der Waals surface area contributed by atoms with Crippen molar-refractivity contribution in [3.05, 3.63) is 47.5 Å². The van der Waals surface area contributed by atoms with E-state index in [0.717, 1.165) is 0 Å². The number of benzene rings is 2. The molecular formula is C21H24N2O8S2. The number of carbonyl (C=O) groups excluding carboxylic acids is 1. The number of hydrogen-bond acceptors (Lipinski definition) is 8. The molecule has 1 fully saturated rings. The Hall–Kier alpha value is -2.67. The van der Waals surface area contributed by atoms with E-state index < -0.39 is 26.0 Å². The lowest BCUT2D eigenvalue weighted by Crippen LogP contribution is -2.50. The number of rotatable bonds is 5. The summed E-state index contributed by atoms with van der Waals surface area (Å²) in [4.78, 5) is 11.8. The fourth-order valence-corrected chi connectivity index (χ4v) is 6.87. The minimum atomic E-state index is -3.86. The fraction of sp³-hybridized carbons (Fsp3) is 0.381. The number of carbonyl (C=O) groups is 1. The summed E-state index contributed by atoms with van der Waals surface area (Å²) >= 11 is 0. The number of piperazine rings is 1. The molecule has 0 amide bonds. The number of fused-ring (bicyclic) bond motifs is 1. The second-order valence-corrected chi connectivity index (χ2v) is 11.4. The van der Waals surface area contributed by atoms with Crippen LogP contribution >= 0.6 is 0 Å². The molecule has 0 radical (unpaired) electrons. The van der Waals surface area contributed by atoms with Gasteiger partial charge in [-0.15, -0.1) is 0 Å². The van der Waals surface area contributed by atoms with Gasteiger partial charge in [0.25, 0.3) is 0 Å². The summed E-state index contributed by atoms with van der Waals surface area (Å²) in [6.45, 7) is 2.37. The summed E-state index contributed by atoms with van der Waals surface area (Å²) in [7, 11) is -6.44. The summed E-state index contributed by atoms with van der Waals surface area (Å²) in [6, 6.07) is 8.67. The molecule has 0 atom stereocenters. The molecule has 0 spiro atoms. The van der Waals surface area contributed by atoms with Crippen LogP contribution in [0.1, 0.15) is 15.9 Å². The third-order valence-corrected chi connectivity index (χ3v) is 9.52. The number of aryl methyl sites for hydroxylation is 1. The van der Waals surface area contributed by atoms with E-state index in [4.69, 9.17) is 9.47 Å². The van der Waals surface area contributed by atoms with Gasteiger partial charge in [0.1, 0.15) is 13.2 Å². The zero-order valence-corrected chi connectivity index (χ0v) is 19.8. The molecule has 2 aromatic carbocycles. The van der Waals surface area contributed by atoms with E-state index >= 15 is 0 Å². The van der Waals surface area contributed by atoms with Crippen LogP contribution in [0.3, 0.4) is 0 Å². The molecule has 33 heavy (non-hydrogen) atoms. The van der Waals surface area contributed by atoms with Gasteiger partial charge in [0, 0.05) is 32.2 Å². The Bertz CT molecular complexity index is 1280. The van der Waals surface area contributed by atoms with Crippen LogP contribution in [0, 0.1) is 6.92 Å². The Balaban J connectivity index is 1.50. The maximum atomic E-state index is 13.2. The summed E-state index contributed by atoms with van der Waals surface area (Å²) in [5, 5.41) is 0. The van der Waals surface area contributed by atoms with Crippen LogP contribution in [0.15, 0.2) is 46.2 Å². The van der Waals surface area contributed by atoms with Crippen molar-refractivity contribution >= 4 is 26.0 Å². The summed E-state index contributed by atoms with van der Waals surface area (Å²) < 4.78 is 70.6. The Labute approximate surface area is 192 Å². The molecule has 2 aromatic rings. The van der Waals surface area contributed by atoms with Crippen LogP contribution in [0.25, 0.3) is 0 Å². The smallest absolute Gasteiger partial charge is 0.337 e. The second kappa shape index (κ2) is 8.93. The maximum Gasteiger partial charge on any atom is 0.337 e. The molecule has 10 nitrogen and oxygen atoms in total. The molecule has 178 valence electrons. The number of methoxy groups -OCH3 is 1. The zero-order valence-electron chi connectivity index (χ0n) is 18.2. The van der Waals surface area contributed by atoms with E-state index in [1.807, 2.05) is 0 Å². The highest BCUT2D eigenvalue weighted by molar-refractivity contribution is 7.89. The van der Waals surface area contributed by atoms with Gasteiger partial charge in [0.2, 0.25) is 20.0 Å². The van der Waals surface area contributed by atoms with Gasteiger partial charge < -0.3 is 14.2 Å². The predicted octanol–water partition coefficient (Wildman–Crippen LogP) is 1.25. The van der Waals surface area contributed by atoms with Crippen molar-refractivity contribution in [2.24, 2.45) is 0 Å². The quantitative estimate of drug-likeness (QED) is 0.568. The van der Waals surface area contributed by atoms with Crippen LogP contribution in [0.2, 0.25) is 0 Å². The molecule has 0 unspecified atom stereocenters. The van der Waals surface area contributed by atoms with E-state index in [-0.39, 0.29) is 41.5 Å². The van der Waals surface area contributed by atoms with Crippen molar-refractivity contribution in [2.45, 2.75) is 16.7 Å². The molecule has 0 N–H and O–H groups in total. The topological polar surface area (TPSA) is 120 Å². The molecule has 2 heterocycles. The summed E-state index contributed by atoms with van der Waals surface area (Å²) in [5.41, 5.74) is 0.661. The minimum absolute atomic E-state index is 0.00427. The van der Waals surface area contributed by atoms with Crippen LogP contribution in [0.5, 0.6) is 11.5 Å². The third-order valence-electron chi connectivity index (χ3n) is 5.56. The van der Waals surface area contributed by atoms with Crippen molar-refractivity contribution in [3.8, 4) is 11.5 Å². The van der Waals surface area contributed by atoms with Gasteiger partial charge in [-0.2, -0.15) is 8.61 Å². The molecule has 0 aliphatic carbocycles. The first-order chi connectivity index (χ1) is 15.6. The first-order valence-electron chi connectivity index (χ1n) is 10.2. The molecule has 12 heteroatoms. The van der Waals surface area contributed by atoms with E-state index in [9.17, 15) is 21.6 Å². The first kappa shape index (κ1) is 23.5. The Morgan fingerprint density at radius 1 is 0.848 bits per heavy atom. The number of hydrogen-bond donors (Lipinski definition) is 0. The highest BCUT2D eigenvalue weighted by Gasteiger charge is 2.35. The normalized spacial score (nSPS) is 17.5. The van der Waals surface area contributed by atoms with Gasteiger partial charge in [0.15, 0.2) is 11.5 Å². The predicted molar refractivity (Wildman–Crippen MR) is 117 cm³/mol. The average Bonchev–Trinajstić information content (AvgIpc) is 2.83. The lowest BCUT2D eigenvalue weighted by atomic mass is 10.1. The monoisotopic (exact) mass is 496 g/mol. The molecule has 0 bridgehead atoms. The molecule has 4 rings (SSSR count). The standard InChI is InChI=1S/C21H24N2O8S2/c1-15-13-16(21(24)29-2)3-6-20(15)33(27,28)23-9-7-22(8-10-23)32(25,26)17-4-5-18-19(14-17)31-12-11-30-18/h3-6,13-14H,7-12H2,1-2H3. The number of nitrogens with zero attached hydrogens (tertiary/aromatic N) is 2. The number of esters is 1. The van der Waals surface area contributed by atoms with E-state index in [1.54, 1.807) is 13.0 Å². The van der Waals surface area contributed by atoms with Gasteiger partial charge in [-0.25, -0.2) is 21.6 Å². The minimum Gasteiger partial charge on any atom is -0.486 e. The molecule has 0 aromatic heterocycles. The van der Waals surface area contributed by atoms with E-state index in [0.29, 0.717) is 30.3 Å². The largest absolute Gasteiger partial charge is 0.486 e. The average molecular weight is 497 g/mol. The third kappa shape index (κ3) is 4.43. The maximum absolute atomic E-state index is 13.2. The van der Waals surface area contributed by atoms with Crippen LogP contribution in [-0.2, 0) is 24.8 Å². The van der Waals surface area contributed by atoms with Gasteiger partial charge in [-0.05, 0) is 42.8 Å². The van der Waals surface area contributed by atoms with Gasteiger partial charge in [0.05, 0.1) is 22.5 Å². The molecule has 1 saturated heterocycles.